The Morgan fingerprint density at radius 2 is 2.11 bits per heavy atom. The molecule has 0 bridgehead atoms. The fourth-order valence-electron chi connectivity index (χ4n) is 2.03. The van der Waals surface area contributed by atoms with Crippen molar-refractivity contribution in [2.45, 2.75) is 19.4 Å². The van der Waals surface area contributed by atoms with Crippen LogP contribution in [-0.4, -0.2) is 16.3 Å². The highest BCUT2D eigenvalue weighted by molar-refractivity contribution is 5.21. The molecular weight excluding hydrogens is 248 g/mol. The zero-order chi connectivity index (χ0) is 13.8. The minimum Gasteiger partial charge on any atom is -0.310 e. The Hall–Kier alpha value is -1.75. The van der Waals surface area contributed by atoms with Crippen molar-refractivity contribution in [3.8, 4) is 0 Å². The van der Waals surface area contributed by atoms with E-state index in [1.54, 1.807) is 6.20 Å². The highest BCUT2D eigenvalue weighted by atomic mass is 19.1. The van der Waals surface area contributed by atoms with Crippen molar-refractivity contribution in [1.29, 1.82) is 0 Å². The van der Waals surface area contributed by atoms with Crippen LogP contribution in [0.15, 0.2) is 30.5 Å². The van der Waals surface area contributed by atoms with Gasteiger partial charge in [-0.2, -0.15) is 5.10 Å². The summed E-state index contributed by atoms with van der Waals surface area (Å²) in [5.74, 6) is -1.07. The second kappa shape index (κ2) is 5.93. The van der Waals surface area contributed by atoms with Gasteiger partial charge in [-0.25, -0.2) is 8.78 Å². The van der Waals surface area contributed by atoms with Crippen molar-refractivity contribution in [2.75, 3.05) is 6.54 Å². The molecule has 0 radical (unpaired) electrons. The molecule has 0 aliphatic carbocycles. The van der Waals surface area contributed by atoms with E-state index in [-0.39, 0.29) is 6.04 Å². The normalized spacial score (nSPS) is 12.6. The average molecular weight is 265 g/mol. The van der Waals surface area contributed by atoms with Crippen molar-refractivity contribution >= 4 is 0 Å². The monoisotopic (exact) mass is 265 g/mol. The molecule has 2 rings (SSSR count). The van der Waals surface area contributed by atoms with Gasteiger partial charge < -0.3 is 5.32 Å². The van der Waals surface area contributed by atoms with E-state index >= 15 is 0 Å². The highest BCUT2D eigenvalue weighted by Gasteiger charge is 2.11. The summed E-state index contributed by atoms with van der Waals surface area (Å²) in [5.41, 5.74) is 1.59. The third-order valence-electron chi connectivity index (χ3n) is 3.18. The Bertz CT molecular complexity index is 551. The van der Waals surface area contributed by atoms with Gasteiger partial charge in [-0.1, -0.05) is 6.07 Å². The predicted octanol–water partition coefficient (Wildman–Crippen LogP) is 2.59. The van der Waals surface area contributed by atoms with Gasteiger partial charge in [-0.15, -0.1) is 0 Å². The molecule has 0 aliphatic rings. The maximum atomic E-state index is 13.6. The third-order valence-corrected chi connectivity index (χ3v) is 3.18. The molecule has 1 unspecified atom stereocenters. The number of aryl methyl sites for hydroxylation is 1. The van der Waals surface area contributed by atoms with Crippen LogP contribution >= 0.6 is 0 Å². The fourth-order valence-corrected chi connectivity index (χ4v) is 2.03. The maximum Gasteiger partial charge on any atom is 0.130 e. The molecule has 3 nitrogen and oxygen atoms in total. The maximum absolute atomic E-state index is 13.6. The van der Waals surface area contributed by atoms with Gasteiger partial charge in [0, 0.05) is 49.6 Å². The second-order valence-corrected chi connectivity index (χ2v) is 4.54. The van der Waals surface area contributed by atoms with Crippen LogP contribution in [0.5, 0.6) is 0 Å². The van der Waals surface area contributed by atoms with Gasteiger partial charge in [0.25, 0.3) is 0 Å². The molecule has 19 heavy (non-hydrogen) atoms. The molecule has 0 fully saturated rings. The van der Waals surface area contributed by atoms with Crippen LogP contribution in [0, 0.1) is 11.6 Å². The van der Waals surface area contributed by atoms with E-state index in [4.69, 9.17) is 0 Å². The lowest BCUT2D eigenvalue weighted by Crippen LogP contribution is -2.23. The summed E-state index contributed by atoms with van der Waals surface area (Å²) in [6.45, 7) is 2.57. The number of rotatable bonds is 5. The molecule has 102 valence electrons. The van der Waals surface area contributed by atoms with E-state index in [2.05, 4.69) is 10.4 Å². The number of nitrogens with one attached hydrogen (secondary N) is 1. The van der Waals surface area contributed by atoms with E-state index in [9.17, 15) is 8.78 Å². The van der Waals surface area contributed by atoms with E-state index in [0.29, 0.717) is 12.1 Å². The third kappa shape index (κ3) is 3.38. The highest BCUT2D eigenvalue weighted by Crippen LogP contribution is 2.17. The Morgan fingerprint density at radius 3 is 2.74 bits per heavy atom. The van der Waals surface area contributed by atoms with Crippen molar-refractivity contribution in [2.24, 2.45) is 7.05 Å². The van der Waals surface area contributed by atoms with E-state index in [1.807, 2.05) is 24.7 Å². The summed E-state index contributed by atoms with van der Waals surface area (Å²) < 4.78 is 28.2. The van der Waals surface area contributed by atoms with Crippen molar-refractivity contribution in [3.05, 3.63) is 53.4 Å². The Kier molecular flexibility index (Phi) is 4.27. The van der Waals surface area contributed by atoms with Crippen molar-refractivity contribution in [1.82, 2.24) is 15.1 Å². The van der Waals surface area contributed by atoms with Gasteiger partial charge in [0.2, 0.25) is 0 Å². The van der Waals surface area contributed by atoms with Gasteiger partial charge in [-0.3, -0.25) is 4.68 Å². The van der Waals surface area contributed by atoms with Crippen LogP contribution in [0.2, 0.25) is 0 Å². The largest absolute Gasteiger partial charge is 0.310 e. The SMILES string of the molecule is CC(NCCc1ccnn1C)c1ccc(F)cc1F. The molecule has 5 heteroatoms. The molecule has 0 amide bonds. The first-order chi connectivity index (χ1) is 9.08. The van der Waals surface area contributed by atoms with E-state index < -0.39 is 11.6 Å². The molecule has 1 N–H and O–H groups in total. The minimum absolute atomic E-state index is 0.158. The lowest BCUT2D eigenvalue weighted by molar-refractivity contribution is 0.516. The first-order valence-corrected chi connectivity index (χ1v) is 6.23. The van der Waals surface area contributed by atoms with Crippen LogP contribution in [0.3, 0.4) is 0 Å². The molecule has 0 spiro atoms. The number of hydrogen-bond acceptors (Lipinski definition) is 2. The van der Waals surface area contributed by atoms with Crippen molar-refractivity contribution in [3.63, 3.8) is 0 Å². The lowest BCUT2D eigenvalue weighted by Gasteiger charge is -2.15. The number of hydrogen-bond donors (Lipinski definition) is 1. The predicted molar refractivity (Wildman–Crippen MR) is 69.7 cm³/mol. The van der Waals surface area contributed by atoms with Gasteiger partial charge in [-0.05, 0) is 19.1 Å². The number of aromatic nitrogens is 2. The van der Waals surface area contributed by atoms with Crippen LogP contribution in [0.1, 0.15) is 24.2 Å². The van der Waals surface area contributed by atoms with E-state index in [0.717, 1.165) is 18.2 Å². The van der Waals surface area contributed by atoms with Crippen LogP contribution in [0.4, 0.5) is 8.78 Å². The number of halogens is 2. The molecular formula is C14H17F2N3. The molecule has 0 aliphatic heterocycles. The molecule has 1 aromatic heterocycles. The van der Waals surface area contributed by atoms with Gasteiger partial charge in [0.15, 0.2) is 0 Å². The molecule has 2 aromatic rings. The molecule has 0 saturated carbocycles. The lowest BCUT2D eigenvalue weighted by atomic mass is 10.1. The first-order valence-electron chi connectivity index (χ1n) is 6.23. The molecule has 1 aromatic carbocycles. The van der Waals surface area contributed by atoms with Gasteiger partial charge in [0.1, 0.15) is 11.6 Å². The quantitative estimate of drug-likeness (QED) is 0.900. The fraction of sp³-hybridized carbons (Fsp3) is 0.357. The molecule has 1 atom stereocenters. The Labute approximate surface area is 111 Å². The second-order valence-electron chi connectivity index (χ2n) is 4.54. The Morgan fingerprint density at radius 1 is 1.32 bits per heavy atom. The summed E-state index contributed by atoms with van der Waals surface area (Å²) in [4.78, 5) is 0. The molecule has 0 saturated heterocycles. The van der Waals surface area contributed by atoms with Crippen molar-refractivity contribution < 1.29 is 8.78 Å². The van der Waals surface area contributed by atoms with Crippen LogP contribution in [-0.2, 0) is 13.5 Å². The van der Waals surface area contributed by atoms with Gasteiger partial charge >= 0.3 is 0 Å². The van der Waals surface area contributed by atoms with E-state index in [1.165, 1.54) is 12.1 Å². The summed E-state index contributed by atoms with van der Waals surface area (Å²) in [6.07, 6.45) is 2.56. The standard InChI is InChI=1S/C14H17F2N3/c1-10(13-4-3-11(15)9-14(13)16)17-7-5-12-6-8-18-19(12)2/h3-4,6,8-10,17H,5,7H2,1-2H3. The Balaban J connectivity index is 1.91. The zero-order valence-electron chi connectivity index (χ0n) is 11.0. The van der Waals surface area contributed by atoms with Crippen LogP contribution in [0.25, 0.3) is 0 Å². The summed E-state index contributed by atoms with van der Waals surface area (Å²) in [7, 11) is 1.89. The first kappa shape index (κ1) is 13.7. The van der Waals surface area contributed by atoms with Crippen LogP contribution < -0.4 is 5.32 Å². The zero-order valence-corrected chi connectivity index (χ0v) is 11.0. The number of benzene rings is 1. The average Bonchev–Trinajstić information content (AvgIpc) is 2.75. The summed E-state index contributed by atoms with van der Waals surface area (Å²) in [6, 6.07) is 5.46. The topological polar surface area (TPSA) is 29.9 Å². The minimum atomic E-state index is -0.552. The number of nitrogens with zero attached hydrogens (tertiary/aromatic N) is 2. The summed E-state index contributed by atoms with van der Waals surface area (Å²) >= 11 is 0. The molecule has 1 heterocycles. The van der Waals surface area contributed by atoms with Gasteiger partial charge in [0.05, 0.1) is 0 Å². The smallest absolute Gasteiger partial charge is 0.130 e. The summed E-state index contributed by atoms with van der Waals surface area (Å²) in [5, 5.41) is 7.30.